The molecule has 1 atom stereocenters. The fourth-order valence-corrected chi connectivity index (χ4v) is 3.22. The molecule has 20 heavy (non-hydrogen) atoms. The van der Waals surface area contributed by atoms with Gasteiger partial charge >= 0.3 is 0 Å². The molecule has 0 radical (unpaired) electrons. The molecule has 1 aliphatic heterocycles. The van der Waals surface area contributed by atoms with Crippen LogP contribution < -0.4 is 0 Å². The Morgan fingerprint density at radius 1 is 1.40 bits per heavy atom. The number of para-hydroxylation sites is 1. The van der Waals surface area contributed by atoms with Crippen molar-refractivity contribution in [1.29, 1.82) is 0 Å². The second-order valence-electron chi connectivity index (χ2n) is 5.45. The van der Waals surface area contributed by atoms with Crippen molar-refractivity contribution in [2.24, 2.45) is 0 Å². The molecule has 1 aromatic rings. The van der Waals surface area contributed by atoms with E-state index in [9.17, 15) is 8.42 Å². The molecule has 1 aliphatic rings. The Kier molecular flexibility index (Phi) is 3.60. The SMILES string of the molecule is C=C(C)C1(C)C(C)=[N+](CCS(=O)(=O)O)c2ccccc21. The van der Waals surface area contributed by atoms with E-state index in [0.29, 0.717) is 0 Å². The summed E-state index contributed by atoms with van der Waals surface area (Å²) in [4.78, 5) is 0. The van der Waals surface area contributed by atoms with Crippen molar-refractivity contribution in [1.82, 2.24) is 0 Å². The first kappa shape index (κ1) is 14.9. The van der Waals surface area contributed by atoms with E-state index in [-0.39, 0.29) is 17.7 Å². The van der Waals surface area contributed by atoms with Crippen LogP contribution in [0.2, 0.25) is 0 Å². The fourth-order valence-electron chi connectivity index (χ4n) is 2.81. The van der Waals surface area contributed by atoms with Crippen molar-refractivity contribution in [3.05, 3.63) is 42.0 Å². The van der Waals surface area contributed by atoms with Crippen LogP contribution in [0.5, 0.6) is 0 Å². The lowest BCUT2D eigenvalue weighted by Gasteiger charge is -2.22. The highest BCUT2D eigenvalue weighted by atomic mass is 32.2. The van der Waals surface area contributed by atoms with Crippen molar-refractivity contribution in [2.45, 2.75) is 26.2 Å². The maximum atomic E-state index is 11.0. The standard InChI is InChI=1S/C15H19NO3S/c1-11(2)15(4)12(3)16(9-10-20(17,18)19)14-8-6-5-7-13(14)15/h5-8H,1,9-10H2,2-4H3/p+1. The maximum absolute atomic E-state index is 11.0. The van der Waals surface area contributed by atoms with E-state index in [4.69, 9.17) is 4.55 Å². The van der Waals surface area contributed by atoms with Crippen molar-refractivity contribution in [2.75, 3.05) is 12.3 Å². The summed E-state index contributed by atoms with van der Waals surface area (Å²) in [6.07, 6.45) is 0. The molecule has 108 valence electrons. The van der Waals surface area contributed by atoms with Gasteiger partial charge in [-0.25, -0.2) is 0 Å². The molecule has 1 heterocycles. The predicted molar refractivity (Wildman–Crippen MR) is 80.5 cm³/mol. The fraction of sp³-hybridized carbons (Fsp3) is 0.400. The zero-order valence-electron chi connectivity index (χ0n) is 12.0. The summed E-state index contributed by atoms with van der Waals surface area (Å²) in [5.74, 6) is -0.287. The number of hydrogen-bond donors (Lipinski definition) is 1. The van der Waals surface area contributed by atoms with E-state index in [1.807, 2.05) is 42.7 Å². The van der Waals surface area contributed by atoms with E-state index in [2.05, 4.69) is 13.5 Å². The average Bonchev–Trinajstić information content (AvgIpc) is 2.57. The van der Waals surface area contributed by atoms with Crippen LogP contribution in [0.3, 0.4) is 0 Å². The molecule has 1 aromatic carbocycles. The Hall–Kier alpha value is -1.46. The molecule has 5 heteroatoms. The van der Waals surface area contributed by atoms with Gasteiger partial charge in [0.25, 0.3) is 10.1 Å². The van der Waals surface area contributed by atoms with Gasteiger partial charge in [-0.2, -0.15) is 13.0 Å². The minimum atomic E-state index is -3.97. The van der Waals surface area contributed by atoms with Gasteiger partial charge in [0.1, 0.15) is 5.75 Å². The van der Waals surface area contributed by atoms with E-state index in [1.165, 1.54) is 0 Å². The van der Waals surface area contributed by atoms with Crippen LogP contribution in [-0.4, -0.2) is 35.6 Å². The summed E-state index contributed by atoms with van der Waals surface area (Å²) >= 11 is 0. The van der Waals surface area contributed by atoms with E-state index >= 15 is 0 Å². The van der Waals surface area contributed by atoms with E-state index in [0.717, 1.165) is 22.5 Å². The molecule has 0 spiro atoms. The molecular formula is C15H20NO3S+. The summed E-state index contributed by atoms with van der Waals surface area (Å²) in [6.45, 7) is 10.4. The summed E-state index contributed by atoms with van der Waals surface area (Å²) in [7, 11) is -3.97. The minimum absolute atomic E-state index is 0.241. The lowest BCUT2D eigenvalue weighted by Crippen LogP contribution is -2.32. The van der Waals surface area contributed by atoms with Crippen LogP contribution in [0.25, 0.3) is 0 Å². The molecule has 0 fully saturated rings. The number of allylic oxidation sites excluding steroid dienone is 1. The molecule has 0 saturated carbocycles. The van der Waals surface area contributed by atoms with E-state index in [1.54, 1.807) is 0 Å². The zero-order valence-corrected chi connectivity index (χ0v) is 12.9. The van der Waals surface area contributed by atoms with Gasteiger partial charge in [0.05, 0.1) is 5.41 Å². The zero-order chi connectivity index (χ0) is 15.1. The Labute approximate surface area is 120 Å². The van der Waals surface area contributed by atoms with Gasteiger partial charge in [0.15, 0.2) is 12.3 Å². The van der Waals surface area contributed by atoms with Gasteiger partial charge in [-0.1, -0.05) is 30.4 Å². The van der Waals surface area contributed by atoms with Gasteiger partial charge in [0.2, 0.25) is 5.69 Å². The third-order valence-electron chi connectivity index (χ3n) is 4.29. The smallest absolute Gasteiger partial charge is 0.271 e. The van der Waals surface area contributed by atoms with Gasteiger partial charge in [-0.05, 0) is 13.8 Å². The van der Waals surface area contributed by atoms with Gasteiger partial charge in [-0.15, -0.1) is 0 Å². The highest BCUT2D eigenvalue weighted by Crippen LogP contribution is 2.43. The molecular weight excluding hydrogens is 274 g/mol. The van der Waals surface area contributed by atoms with Crippen molar-refractivity contribution >= 4 is 21.5 Å². The van der Waals surface area contributed by atoms with Crippen LogP contribution in [0.1, 0.15) is 26.3 Å². The van der Waals surface area contributed by atoms with Crippen molar-refractivity contribution < 1.29 is 17.5 Å². The van der Waals surface area contributed by atoms with Crippen LogP contribution in [0.15, 0.2) is 36.4 Å². The lowest BCUT2D eigenvalue weighted by molar-refractivity contribution is -0.433. The lowest BCUT2D eigenvalue weighted by atomic mass is 9.75. The maximum Gasteiger partial charge on any atom is 0.271 e. The molecule has 0 saturated heterocycles. The average molecular weight is 294 g/mol. The minimum Gasteiger partial charge on any atom is -0.285 e. The number of fused-ring (bicyclic) bond motifs is 1. The van der Waals surface area contributed by atoms with Crippen LogP contribution in [-0.2, 0) is 15.5 Å². The molecule has 4 nitrogen and oxygen atoms in total. The molecule has 0 amide bonds. The van der Waals surface area contributed by atoms with Gasteiger partial charge in [0, 0.05) is 18.6 Å². The number of rotatable bonds is 4. The van der Waals surface area contributed by atoms with Crippen LogP contribution in [0, 0.1) is 0 Å². The molecule has 2 rings (SSSR count). The molecule has 0 bridgehead atoms. The normalized spacial score (nSPS) is 22.0. The third-order valence-corrected chi connectivity index (χ3v) is 4.99. The quantitative estimate of drug-likeness (QED) is 0.527. The van der Waals surface area contributed by atoms with Gasteiger partial charge < -0.3 is 0 Å². The first-order chi connectivity index (χ1) is 9.18. The predicted octanol–water partition coefficient (Wildman–Crippen LogP) is 2.53. The van der Waals surface area contributed by atoms with Crippen LogP contribution >= 0.6 is 0 Å². The number of hydrogen-bond acceptors (Lipinski definition) is 2. The Bertz CT molecular complexity index is 704. The second kappa shape index (κ2) is 4.82. The Balaban J connectivity index is 2.55. The highest BCUT2D eigenvalue weighted by molar-refractivity contribution is 7.85. The van der Waals surface area contributed by atoms with E-state index < -0.39 is 10.1 Å². The number of benzene rings is 1. The first-order valence-corrected chi connectivity index (χ1v) is 8.11. The summed E-state index contributed by atoms with van der Waals surface area (Å²) in [5, 5.41) is 0. The summed E-state index contributed by atoms with van der Waals surface area (Å²) < 4.78 is 32.9. The topological polar surface area (TPSA) is 57.4 Å². The molecule has 1 N–H and O–H groups in total. The summed E-state index contributed by atoms with van der Waals surface area (Å²) in [5.41, 5.74) is 3.86. The Morgan fingerprint density at radius 3 is 2.55 bits per heavy atom. The Morgan fingerprint density at radius 2 is 2.00 bits per heavy atom. The number of nitrogens with zero attached hydrogens (tertiary/aromatic N) is 1. The van der Waals surface area contributed by atoms with Crippen molar-refractivity contribution in [3.63, 3.8) is 0 Å². The third kappa shape index (κ3) is 2.31. The first-order valence-electron chi connectivity index (χ1n) is 6.50. The van der Waals surface area contributed by atoms with Crippen LogP contribution in [0.4, 0.5) is 5.69 Å². The monoisotopic (exact) mass is 294 g/mol. The molecule has 1 unspecified atom stereocenters. The van der Waals surface area contributed by atoms with Crippen molar-refractivity contribution in [3.8, 4) is 0 Å². The second-order valence-corrected chi connectivity index (χ2v) is 7.02. The molecule has 0 aromatic heterocycles. The largest absolute Gasteiger partial charge is 0.285 e. The highest BCUT2D eigenvalue weighted by Gasteiger charge is 2.46. The summed E-state index contributed by atoms with van der Waals surface area (Å²) in [6, 6.07) is 7.91. The molecule has 0 aliphatic carbocycles. The van der Waals surface area contributed by atoms with Gasteiger partial charge in [-0.3, -0.25) is 4.55 Å².